The number of esters is 1. The molecule has 5 heteroatoms. The van der Waals surface area contributed by atoms with Gasteiger partial charge in [0.15, 0.2) is 0 Å². The van der Waals surface area contributed by atoms with Gasteiger partial charge in [-0.15, -0.1) is 11.3 Å². The molecule has 0 unspecified atom stereocenters. The van der Waals surface area contributed by atoms with Crippen LogP contribution in [0.25, 0.3) is 0 Å². The van der Waals surface area contributed by atoms with Crippen molar-refractivity contribution >= 4 is 23.0 Å². The van der Waals surface area contributed by atoms with Crippen LogP contribution in [-0.2, 0) is 11.3 Å². The topological polar surface area (TPSA) is 51.2 Å². The molecule has 0 amide bonds. The summed E-state index contributed by atoms with van der Waals surface area (Å²) in [7, 11) is 1.39. The van der Waals surface area contributed by atoms with E-state index in [0.29, 0.717) is 12.1 Å². The molecule has 1 heterocycles. The van der Waals surface area contributed by atoms with Crippen LogP contribution in [0, 0.1) is 13.8 Å². The quantitative estimate of drug-likeness (QED) is 0.872. The van der Waals surface area contributed by atoms with Crippen molar-refractivity contribution in [3.63, 3.8) is 0 Å². The summed E-state index contributed by atoms with van der Waals surface area (Å²) in [5.74, 6) is -0.314. The van der Waals surface area contributed by atoms with Gasteiger partial charge in [0.05, 0.1) is 19.2 Å². The van der Waals surface area contributed by atoms with Crippen molar-refractivity contribution in [2.75, 3.05) is 12.4 Å². The fraction of sp³-hybridized carbons (Fsp3) is 0.286. The molecule has 1 N–H and O–H groups in total. The van der Waals surface area contributed by atoms with Gasteiger partial charge in [0, 0.05) is 16.8 Å². The molecule has 0 saturated heterocycles. The highest BCUT2D eigenvalue weighted by Gasteiger charge is 2.11. The minimum Gasteiger partial charge on any atom is -0.465 e. The van der Waals surface area contributed by atoms with Crippen LogP contribution in [0.1, 0.15) is 26.6 Å². The van der Waals surface area contributed by atoms with Crippen molar-refractivity contribution in [3.05, 3.63) is 45.4 Å². The third-order valence-electron chi connectivity index (χ3n) is 2.84. The van der Waals surface area contributed by atoms with Crippen LogP contribution in [-0.4, -0.2) is 18.1 Å². The third kappa shape index (κ3) is 3.12. The first-order valence-electron chi connectivity index (χ1n) is 5.94. The summed E-state index contributed by atoms with van der Waals surface area (Å²) in [5.41, 5.74) is 3.43. The van der Waals surface area contributed by atoms with Crippen LogP contribution in [0.5, 0.6) is 0 Å². The highest BCUT2D eigenvalue weighted by atomic mass is 32.1. The van der Waals surface area contributed by atoms with Crippen molar-refractivity contribution in [2.24, 2.45) is 0 Å². The van der Waals surface area contributed by atoms with E-state index in [-0.39, 0.29) is 5.97 Å². The number of ether oxygens (including phenoxy) is 1. The molecule has 0 aliphatic rings. The number of aryl methyl sites for hydroxylation is 1. The van der Waals surface area contributed by atoms with Gasteiger partial charge in [-0.3, -0.25) is 0 Å². The zero-order valence-corrected chi connectivity index (χ0v) is 12.0. The Labute approximate surface area is 116 Å². The number of hydrogen-bond acceptors (Lipinski definition) is 5. The fourth-order valence-corrected chi connectivity index (χ4v) is 2.52. The molecule has 0 spiro atoms. The second kappa shape index (κ2) is 5.84. The number of nitrogens with zero attached hydrogens (tertiary/aromatic N) is 1. The van der Waals surface area contributed by atoms with E-state index in [0.717, 1.165) is 22.0 Å². The number of carbonyl (C=O) groups is 1. The van der Waals surface area contributed by atoms with Crippen LogP contribution < -0.4 is 5.32 Å². The van der Waals surface area contributed by atoms with Gasteiger partial charge in [-0.2, -0.15) is 0 Å². The van der Waals surface area contributed by atoms with Gasteiger partial charge in [0.2, 0.25) is 0 Å². The summed E-state index contributed by atoms with van der Waals surface area (Å²) < 4.78 is 4.76. The van der Waals surface area contributed by atoms with Crippen LogP contribution >= 0.6 is 11.3 Å². The van der Waals surface area contributed by atoms with Crippen LogP contribution in [0.3, 0.4) is 0 Å². The van der Waals surface area contributed by atoms with Crippen LogP contribution in [0.4, 0.5) is 5.69 Å². The van der Waals surface area contributed by atoms with Crippen molar-refractivity contribution in [2.45, 2.75) is 20.4 Å². The van der Waals surface area contributed by atoms with Gasteiger partial charge in [-0.1, -0.05) is 6.07 Å². The summed E-state index contributed by atoms with van der Waals surface area (Å²) in [4.78, 5) is 16.0. The second-order valence-electron chi connectivity index (χ2n) is 4.21. The van der Waals surface area contributed by atoms with Gasteiger partial charge in [-0.05, 0) is 31.5 Å². The van der Waals surface area contributed by atoms with Gasteiger partial charge >= 0.3 is 5.97 Å². The lowest BCUT2D eigenvalue weighted by molar-refractivity contribution is 0.0600. The summed E-state index contributed by atoms with van der Waals surface area (Å²) in [6.45, 7) is 4.54. The molecule has 4 nitrogen and oxygen atoms in total. The van der Waals surface area contributed by atoms with Crippen molar-refractivity contribution in [1.29, 1.82) is 0 Å². The first kappa shape index (κ1) is 13.5. The maximum Gasteiger partial charge on any atom is 0.338 e. The number of thiazole rings is 1. The lowest BCUT2D eigenvalue weighted by atomic mass is 10.1. The molecule has 2 aromatic rings. The molecular weight excluding hydrogens is 260 g/mol. The van der Waals surface area contributed by atoms with E-state index in [1.807, 2.05) is 31.4 Å². The molecule has 0 saturated carbocycles. The highest BCUT2D eigenvalue weighted by Crippen LogP contribution is 2.21. The lowest BCUT2D eigenvalue weighted by Crippen LogP contribution is -2.07. The molecule has 0 atom stereocenters. The van der Waals surface area contributed by atoms with Crippen LogP contribution in [0.2, 0.25) is 0 Å². The molecule has 2 rings (SSSR count). The van der Waals surface area contributed by atoms with E-state index in [9.17, 15) is 4.79 Å². The van der Waals surface area contributed by atoms with E-state index in [4.69, 9.17) is 4.74 Å². The first-order chi connectivity index (χ1) is 9.11. The smallest absolute Gasteiger partial charge is 0.338 e. The normalized spacial score (nSPS) is 10.3. The molecule has 1 aromatic heterocycles. The molecule has 0 bridgehead atoms. The minimum atomic E-state index is -0.314. The molecule has 0 aliphatic carbocycles. The maximum absolute atomic E-state index is 11.6. The molecular formula is C14H16N2O2S. The monoisotopic (exact) mass is 276 g/mol. The maximum atomic E-state index is 11.6. The van der Waals surface area contributed by atoms with E-state index in [2.05, 4.69) is 10.3 Å². The molecule has 0 aliphatic heterocycles. The number of rotatable bonds is 4. The summed E-state index contributed by atoms with van der Waals surface area (Å²) in [6.07, 6.45) is 0. The molecule has 0 radical (unpaired) electrons. The Morgan fingerprint density at radius 3 is 2.84 bits per heavy atom. The van der Waals surface area contributed by atoms with E-state index < -0.39 is 0 Å². The molecule has 100 valence electrons. The van der Waals surface area contributed by atoms with Gasteiger partial charge < -0.3 is 10.1 Å². The van der Waals surface area contributed by atoms with E-state index >= 15 is 0 Å². The van der Waals surface area contributed by atoms with E-state index in [1.54, 1.807) is 17.4 Å². The van der Waals surface area contributed by atoms with Crippen molar-refractivity contribution in [3.8, 4) is 0 Å². The fourth-order valence-electron chi connectivity index (χ4n) is 1.81. The zero-order chi connectivity index (χ0) is 13.8. The molecule has 19 heavy (non-hydrogen) atoms. The number of methoxy groups -OCH3 is 1. The van der Waals surface area contributed by atoms with Crippen LogP contribution in [0.15, 0.2) is 23.6 Å². The molecule has 0 fully saturated rings. The Balaban J connectivity index is 2.14. The Hall–Kier alpha value is -1.88. The largest absolute Gasteiger partial charge is 0.465 e. The Kier molecular flexibility index (Phi) is 4.16. The highest BCUT2D eigenvalue weighted by molar-refractivity contribution is 7.09. The Bertz CT molecular complexity index is 593. The number of carbonyl (C=O) groups excluding carboxylic acids is 1. The number of hydrogen-bond donors (Lipinski definition) is 1. The number of anilines is 1. The predicted molar refractivity (Wildman–Crippen MR) is 76.7 cm³/mol. The minimum absolute atomic E-state index is 0.314. The average molecular weight is 276 g/mol. The van der Waals surface area contributed by atoms with Gasteiger partial charge in [0.1, 0.15) is 5.01 Å². The molecule has 1 aromatic carbocycles. The Morgan fingerprint density at radius 1 is 1.42 bits per heavy atom. The lowest BCUT2D eigenvalue weighted by Gasteiger charge is -2.11. The predicted octanol–water partition coefficient (Wildman–Crippen LogP) is 3.16. The summed E-state index contributed by atoms with van der Waals surface area (Å²) >= 11 is 1.62. The summed E-state index contributed by atoms with van der Waals surface area (Å²) in [6, 6.07) is 5.55. The standard InChI is InChI=1S/C14H16N2O2S/c1-9-8-19-13(16-9)7-15-12-6-4-5-11(10(12)2)14(17)18-3/h4-6,8,15H,7H2,1-3H3. The van der Waals surface area contributed by atoms with Crippen molar-refractivity contribution < 1.29 is 9.53 Å². The average Bonchev–Trinajstić information content (AvgIpc) is 2.82. The number of nitrogens with one attached hydrogen (secondary N) is 1. The van der Waals surface area contributed by atoms with Gasteiger partial charge in [0.25, 0.3) is 0 Å². The summed E-state index contributed by atoms with van der Waals surface area (Å²) in [5, 5.41) is 6.35. The third-order valence-corrected chi connectivity index (χ3v) is 3.80. The first-order valence-corrected chi connectivity index (χ1v) is 6.82. The number of benzene rings is 1. The second-order valence-corrected chi connectivity index (χ2v) is 5.15. The van der Waals surface area contributed by atoms with Gasteiger partial charge in [-0.25, -0.2) is 9.78 Å². The van der Waals surface area contributed by atoms with Crippen molar-refractivity contribution in [1.82, 2.24) is 4.98 Å². The van der Waals surface area contributed by atoms with E-state index in [1.165, 1.54) is 7.11 Å². The number of aromatic nitrogens is 1. The zero-order valence-electron chi connectivity index (χ0n) is 11.2. The SMILES string of the molecule is COC(=O)c1cccc(NCc2nc(C)cs2)c1C. The Morgan fingerprint density at radius 2 is 2.21 bits per heavy atom.